The fourth-order valence-electron chi connectivity index (χ4n) is 3.17. The maximum Gasteiger partial charge on any atom is 0.303 e. The first-order valence-corrected chi connectivity index (χ1v) is 7.97. The molecule has 1 aliphatic carbocycles. The number of benzene rings is 1. The number of anilines is 1. The fraction of sp³-hybridized carbons (Fsp3) is 0.556. The van der Waals surface area contributed by atoms with Gasteiger partial charge in [-0.2, -0.15) is 0 Å². The molecule has 0 heterocycles. The number of aryl methyl sites for hydroxylation is 1. The van der Waals surface area contributed by atoms with Crippen LogP contribution in [-0.2, 0) is 16.0 Å². The largest absolute Gasteiger partial charge is 0.481 e. The molecule has 0 bridgehead atoms. The van der Waals surface area contributed by atoms with E-state index in [1.165, 1.54) is 6.42 Å². The van der Waals surface area contributed by atoms with Crippen LogP contribution < -0.4 is 5.32 Å². The summed E-state index contributed by atoms with van der Waals surface area (Å²) in [6.07, 6.45) is 4.85. The Bertz CT molecular complexity index is 534. The molecular formula is C18H25NO3. The Labute approximate surface area is 131 Å². The van der Waals surface area contributed by atoms with Gasteiger partial charge in [-0.25, -0.2) is 0 Å². The molecule has 4 nitrogen and oxygen atoms in total. The van der Waals surface area contributed by atoms with Gasteiger partial charge in [0, 0.05) is 18.0 Å². The number of rotatable bonds is 5. The molecule has 1 amide bonds. The van der Waals surface area contributed by atoms with Gasteiger partial charge in [0.1, 0.15) is 0 Å². The Kier molecular flexibility index (Phi) is 5.22. The Morgan fingerprint density at radius 1 is 1.27 bits per heavy atom. The zero-order chi connectivity index (χ0) is 16.2. The third-order valence-electron chi connectivity index (χ3n) is 4.42. The molecule has 0 aliphatic heterocycles. The van der Waals surface area contributed by atoms with Gasteiger partial charge in [0.05, 0.1) is 0 Å². The number of nitrogens with one attached hydrogen (secondary N) is 1. The lowest BCUT2D eigenvalue weighted by atomic mass is 9.72. The molecule has 2 N–H and O–H groups in total. The Morgan fingerprint density at radius 3 is 2.55 bits per heavy atom. The monoisotopic (exact) mass is 303 g/mol. The van der Waals surface area contributed by atoms with Crippen LogP contribution in [0.3, 0.4) is 0 Å². The molecule has 0 spiro atoms. The number of carboxylic acids is 1. The van der Waals surface area contributed by atoms with Crippen molar-refractivity contribution in [2.75, 3.05) is 5.32 Å². The normalized spacial score (nSPS) is 20.4. The smallest absolute Gasteiger partial charge is 0.303 e. The molecule has 1 aromatic carbocycles. The minimum absolute atomic E-state index is 0.0930. The van der Waals surface area contributed by atoms with Crippen molar-refractivity contribution < 1.29 is 14.7 Å². The molecule has 0 aromatic heterocycles. The lowest BCUT2D eigenvalue weighted by Gasteiger charge is -2.34. The lowest BCUT2D eigenvalue weighted by molar-refractivity contribution is -0.137. The molecule has 4 heteroatoms. The van der Waals surface area contributed by atoms with E-state index in [9.17, 15) is 9.59 Å². The second-order valence-electron chi connectivity index (χ2n) is 7.04. The van der Waals surface area contributed by atoms with Crippen LogP contribution in [0, 0.1) is 11.3 Å². The van der Waals surface area contributed by atoms with Gasteiger partial charge in [-0.1, -0.05) is 32.4 Å². The van der Waals surface area contributed by atoms with Crippen LogP contribution in [0.1, 0.15) is 51.5 Å². The zero-order valence-corrected chi connectivity index (χ0v) is 13.4. The summed E-state index contributed by atoms with van der Waals surface area (Å²) in [6.45, 7) is 4.45. The average Bonchev–Trinajstić information content (AvgIpc) is 2.45. The first kappa shape index (κ1) is 16.5. The standard InChI is InChI=1S/C18H25NO3/c1-18(2)11-3-4-14(12-18)17(22)19-15-8-5-13(6-9-15)7-10-16(20)21/h5-6,8-9,14H,3-4,7,10-12H2,1-2H3,(H,19,22)(H,20,21). The van der Waals surface area contributed by atoms with Gasteiger partial charge in [0.25, 0.3) is 0 Å². The van der Waals surface area contributed by atoms with Crippen LogP contribution in [0.2, 0.25) is 0 Å². The number of amides is 1. The second kappa shape index (κ2) is 6.95. The Balaban J connectivity index is 1.90. The minimum Gasteiger partial charge on any atom is -0.481 e. The Morgan fingerprint density at radius 2 is 1.95 bits per heavy atom. The highest BCUT2D eigenvalue weighted by Gasteiger charge is 2.31. The van der Waals surface area contributed by atoms with E-state index >= 15 is 0 Å². The average molecular weight is 303 g/mol. The minimum atomic E-state index is -0.794. The molecule has 22 heavy (non-hydrogen) atoms. The van der Waals surface area contributed by atoms with E-state index < -0.39 is 5.97 Å². The van der Waals surface area contributed by atoms with Crippen LogP contribution in [0.4, 0.5) is 5.69 Å². The van der Waals surface area contributed by atoms with Crippen molar-refractivity contribution in [2.24, 2.45) is 11.3 Å². The first-order chi connectivity index (χ1) is 10.4. The summed E-state index contributed by atoms with van der Waals surface area (Å²) in [5.41, 5.74) is 2.01. The van der Waals surface area contributed by atoms with Crippen molar-refractivity contribution in [1.29, 1.82) is 0 Å². The van der Waals surface area contributed by atoms with E-state index in [0.29, 0.717) is 6.42 Å². The number of aliphatic carboxylic acids is 1. The van der Waals surface area contributed by atoms with E-state index in [-0.39, 0.29) is 23.7 Å². The van der Waals surface area contributed by atoms with Crippen LogP contribution in [-0.4, -0.2) is 17.0 Å². The topological polar surface area (TPSA) is 66.4 Å². The van der Waals surface area contributed by atoms with Crippen molar-refractivity contribution in [3.05, 3.63) is 29.8 Å². The number of hydrogen-bond donors (Lipinski definition) is 2. The maximum absolute atomic E-state index is 12.4. The van der Waals surface area contributed by atoms with E-state index in [4.69, 9.17) is 5.11 Å². The fourth-order valence-corrected chi connectivity index (χ4v) is 3.17. The van der Waals surface area contributed by atoms with Gasteiger partial charge in [-0.3, -0.25) is 9.59 Å². The predicted molar refractivity (Wildman–Crippen MR) is 86.8 cm³/mol. The third-order valence-corrected chi connectivity index (χ3v) is 4.42. The molecule has 1 fully saturated rings. The molecule has 1 aromatic rings. The zero-order valence-electron chi connectivity index (χ0n) is 13.4. The third kappa shape index (κ3) is 4.86. The highest BCUT2D eigenvalue weighted by Crippen LogP contribution is 2.38. The maximum atomic E-state index is 12.4. The van der Waals surface area contributed by atoms with E-state index in [1.54, 1.807) is 0 Å². The van der Waals surface area contributed by atoms with Crippen LogP contribution in [0.15, 0.2) is 24.3 Å². The highest BCUT2D eigenvalue weighted by molar-refractivity contribution is 5.92. The van der Waals surface area contributed by atoms with Crippen molar-refractivity contribution in [3.8, 4) is 0 Å². The highest BCUT2D eigenvalue weighted by atomic mass is 16.4. The van der Waals surface area contributed by atoms with Gasteiger partial charge in [-0.15, -0.1) is 0 Å². The summed E-state index contributed by atoms with van der Waals surface area (Å²) in [6, 6.07) is 7.46. The van der Waals surface area contributed by atoms with E-state index in [2.05, 4.69) is 19.2 Å². The number of carbonyl (C=O) groups excluding carboxylic acids is 1. The Hall–Kier alpha value is -1.84. The van der Waals surface area contributed by atoms with Gasteiger partial charge in [0.2, 0.25) is 5.91 Å². The molecule has 120 valence electrons. The van der Waals surface area contributed by atoms with Crippen LogP contribution in [0.25, 0.3) is 0 Å². The summed E-state index contributed by atoms with van der Waals surface area (Å²) in [5.74, 6) is -0.598. The van der Waals surface area contributed by atoms with E-state index in [0.717, 1.165) is 30.5 Å². The van der Waals surface area contributed by atoms with Gasteiger partial charge < -0.3 is 10.4 Å². The van der Waals surface area contributed by atoms with Gasteiger partial charge in [0.15, 0.2) is 0 Å². The van der Waals surface area contributed by atoms with Crippen molar-refractivity contribution in [1.82, 2.24) is 0 Å². The molecule has 1 aliphatic rings. The van der Waals surface area contributed by atoms with Crippen molar-refractivity contribution in [2.45, 2.75) is 52.4 Å². The molecule has 1 saturated carbocycles. The predicted octanol–water partition coefficient (Wildman–Crippen LogP) is 3.86. The molecular weight excluding hydrogens is 278 g/mol. The number of carbonyl (C=O) groups is 2. The lowest BCUT2D eigenvalue weighted by Crippen LogP contribution is -2.31. The number of carboxylic acid groups (broad SMARTS) is 1. The number of hydrogen-bond acceptors (Lipinski definition) is 2. The van der Waals surface area contributed by atoms with Crippen LogP contribution in [0.5, 0.6) is 0 Å². The summed E-state index contributed by atoms with van der Waals surface area (Å²) < 4.78 is 0. The quantitative estimate of drug-likeness (QED) is 0.868. The summed E-state index contributed by atoms with van der Waals surface area (Å²) in [7, 11) is 0. The molecule has 0 saturated heterocycles. The molecule has 1 atom stereocenters. The van der Waals surface area contributed by atoms with Gasteiger partial charge in [-0.05, 0) is 48.8 Å². The van der Waals surface area contributed by atoms with Crippen LogP contribution >= 0.6 is 0 Å². The summed E-state index contributed by atoms with van der Waals surface area (Å²) in [5, 5.41) is 11.7. The SMILES string of the molecule is CC1(C)CCCC(C(=O)Nc2ccc(CCC(=O)O)cc2)C1. The molecule has 1 unspecified atom stereocenters. The van der Waals surface area contributed by atoms with Gasteiger partial charge >= 0.3 is 5.97 Å². The van der Waals surface area contributed by atoms with Crippen molar-refractivity contribution >= 4 is 17.6 Å². The second-order valence-corrected chi connectivity index (χ2v) is 7.04. The van der Waals surface area contributed by atoms with Crippen molar-refractivity contribution in [3.63, 3.8) is 0 Å². The summed E-state index contributed by atoms with van der Waals surface area (Å²) >= 11 is 0. The molecule has 2 rings (SSSR count). The molecule has 0 radical (unpaired) electrons. The summed E-state index contributed by atoms with van der Waals surface area (Å²) in [4.78, 5) is 22.9. The van der Waals surface area contributed by atoms with E-state index in [1.807, 2.05) is 24.3 Å². The first-order valence-electron chi connectivity index (χ1n) is 7.97.